The van der Waals surface area contributed by atoms with E-state index in [1.165, 1.54) is 12.1 Å². The van der Waals surface area contributed by atoms with Gasteiger partial charge in [-0.05, 0) is 18.2 Å². The zero-order chi connectivity index (χ0) is 19.3. The number of hydrogen-bond acceptors (Lipinski definition) is 11. The van der Waals surface area contributed by atoms with Gasteiger partial charge in [0, 0.05) is 0 Å². The van der Waals surface area contributed by atoms with E-state index in [0.717, 1.165) is 17.8 Å². The van der Waals surface area contributed by atoms with Gasteiger partial charge >= 0.3 is 0 Å². The van der Waals surface area contributed by atoms with Crippen LogP contribution in [0.25, 0.3) is 0 Å². The minimum atomic E-state index is -4.64. The lowest BCUT2D eigenvalue weighted by Gasteiger charge is -2.05. The summed E-state index contributed by atoms with van der Waals surface area (Å²) in [5.41, 5.74) is 11.2. The van der Waals surface area contributed by atoms with E-state index in [9.17, 15) is 13.0 Å². The van der Waals surface area contributed by atoms with E-state index in [1.807, 2.05) is 6.07 Å². The Labute approximate surface area is 152 Å². The summed E-state index contributed by atoms with van der Waals surface area (Å²) in [5.74, 6) is -0.143. The molecule has 0 unspecified atom stereocenters. The lowest BCUT2D eigenvalue weighted by molar-refractivity contribution is 0.483. The van der Waals surface area contributed by atoms with Crippen LogP contribution in [0.2, 0.25) is 0 Å². The molecule has 0 amide bonds. The third kappa shape index (κ3) is 4.42. The maximum Gasteiger partial charge on any atom is 0.296 e. The third-order valence-electron chi connectivity index (χ3n) is 2.81. The molecule has 0 bridgehead atoms. The zero-order valence-electron chi connectivity index (χ0n) is 12.9. The molecule has 0 atom stereocenters. The Morgan fingerprint density at radius 2 is 1.85 bits per heavy atom. The number of nitriles is 2. The summed E-state index contributed by atoms with van der Waals surface area (Å²) in [6.07, 6.45) is 0. The molecule has 0 spiro atoms. The van der Waals surface area contributed by atoms with E-state index in [1.54, 1.807) is 6.07 Å². The first-order valence-corrected chi connectivity index (χ1v) is 9.05. The number of aromatic nitrogens is 2. The number of anilines is 2. The van der Waals surface area contributed by atoms with Crippen LogP contribution in [-0.4, -0.2) is 28.7 Å². The first-order valence-electron chi connectivity index (χ1n) is 6.62. The summed E-state index contributed by atoms with van der Waals surface area (Å²) in [7, 11) is -4.64. The molecule has 0 saturated heterocycles. The largest absolute Gasteiger partial charge is 0.382 e. The van der Waals surface area contributed by atoms with Crippen molar-refractivity contribution in [2.24, 2.45) is 10.2 Å². The van der Waals surface area contributed by atoms with Crippen molar-refractivity contribution in [1.82, 2.24) is 9.97 Å². The normalized spacial score (nSPS) is 11.2. The van der Waals surface area contributed by atoms with Crippen molar-refractivity contribution >= 4 is 44.9 Å². The second kappa shape index (κ2) is 7.75. The predicted octanol–water partition coefficient (Wildman–Crippen LogP) is 1.79. The molecule has 0 saturated carbocycles. The van der Waals surface area contributed by atoms with Crippen molar-refractivity contribution in [3.8, 4) is 12.1 Å². The van der Waals surface area contributed by atoms with Gasteiger partial charge in [-0.2, -0.15) is 18.9 Å². The van der Waals surface area contributed by atoms with Crippen LogP contribution in [0.4, 0.5) is 23.0 Å². The SMILES string of the molecule is N#CCSc1nc(N)c(/N=N/c2ccc(C#N)cc2S(=O)(=O)O)c(N)n1. The van der Waals surface area contributed by atoms with Crippen LogP contribution in [0, 0.1) is 22.7 Å². The Morgan fingerprint density at radius 1 is 1.19 bits per heavy atom. The summed E-state index contributed by atoms with van der Waals surface area (Å²) in [6.45, 7) is 0. The van der Waals surface area contributed by atoms with Gasteiger partial charge in [-0.3, -0.25) is 4.55 Å². The first-order chi connectivity index (χ1) is 12.3. The highest BCUT2D eigenvalue weighted by molar-refractivity contribution is 7.99. The molecule has 1 aromatic heterocycles. The lowest BCUT2D eigenvalue weighted by atomic mass is 10.2. The average molecular weight is 390 g/mol. The van der Waals surface area contributed by atoms with Crippen LogP contribution >= 0.6 is 11.8 Å². The van der Waals surface area contributed by atoms with Gasteiger partial charge in [0.25, 0.3) is 10.1 Å². The Kier molecular flexibility index (Phi) is 5.68. The van der Waals surface area contributed by atoms with Crippen molar-refractivity contribution in [2.45, 2.75) is 10.1 Å². The van der Waals surface area contributed by atoms with Gasteiger partial charge in [0.15, 0.2) is 22.5 Å². The van der Waals surface area contributed by atoms with Crippen LogP contribution in [-0.2, 0) is 10.1 Å². The summed E-state index contributed by atoms with van der Waals surface area (Å²) in [4.78, 5) is 7.24. The van der Waals surface area contributed by atoms with Crippen LogP contribution in [0.1, 0.15) is 5.56 Å². The maximum atomic E-state index is 11.5. The minimum absolute atomic E-state index is 0.0119. The highest BCUT2D eigenvalue weighted by Gasteiger charge is 2.17. The van der Waals surface area contributed by atoms with Crippen molar-refractivity contribution in [1.29, 1.82) is 10.5 Å². The summed E-state index contributed by atoms with van der Waals surface area (Å²) in [5, 5.41) is 25.0. The molecule has 13 heteroatoms. The number of nitrogens with two attached hydrogens (primary N) is 2. The topological polar surface area (TPSA) is 204 Å². The van der Waals surface area contributed by atoms with E-state index in [0.29, 0.717) is 0 Å². The highest BCUT2D eigenvalue weighted by Crippen LogP contribution is 2.32. The Balaban J connectivity index is 2.45. The fraction of sp³-hybridized carbons (Fsp3) is 0.0769. The van der Waals surface area contributed by atoms with Crippen LogP contribution in [0.3, 0.4) is 0 Å². The van der Waals surface area contributed by atoms with Gasteiger partial charge in [-0.1, -0.05) is 11.8 Å². The van der Waals surface area contributed by atoms with E-state index in [2.05, 4.69) is 20.2 Å². The van der Waals surface area contributed by atoms with Crippen LogP contribution in [0.5, 0.6) is 0 Å². The third-order valence-corrected chi connectivity index (χ3v) is 4.40. The molecule has 1 heterocycles. The van der Waals surface area contributed by atoms with E-state index >= 15 is 0 Å². The maximum absolute atomic E-state index is 11.5. The second-order valence-electron chi connectivity index (χ2n) is 4.54. The fourth-order valence-electron chi connectivity index (χ4n) is 1.71. The molecule has 26 heavy (non-hydrogen) atoms. The van der Waals surface area contributed by atoms with Crippen LogP contribution in [0.15, 0.2) is 38.5 Å². The van der Waals surface area contributed by atoms with E-state index in [4.69, 9.17) is 22.0 Å². The summed E-state index contributed by atoms with van der Waals surface area (Å²) < 4.78 is 32.2. The Morgan fingerprint density at radius 3 is 2.38 bits per heavy atom. The molecule has 0 radical (unpaired) electrons. The molecule has 0 aliphatic heterocycles. The number of benzene rings is 1. The molecule has 132 valence electrons. The molecular formula is C13H10N8O3S2. The molecule has 0 aliphatic carbocycles. The number of thioether (sulfide) groups is 1. The molecule has 2 aromatic rings. The smallest absolute Gasteiger partial charge is 0.296 e. The summed E-state index contributed by atoms with van der Waals surface area (Å²) >= 11 is 1.02. The fourth-order valence-corrected chi connectivity index (χ4v) is 2.88. The molecular weight excluding hydrogens is 380 g/mol. The molecule has 0 fully saturated rings. The predicted molar refractivity (Wildman–Crippen MR) is 92.3 cm³/mol. The van der Waals surface area contributed by atoms with Gasteiger partial charge in [0.1, 0.15) is 10.6 Å². The number of nitrogen functional groups attached to an aromatic ring is 2. The van der Waals surface area contributed by atoms with Crippen molar-refractivity contribution < 1.29 is 13.0 Å². The highest BCUT2D eigenvalue weighted by atomic mass is 32.2. The standard InChI is InChI=1S/C13H10N8O3S2/c14-3-4-25-13-18-11(16)10(12(17)19-13)21-20-8-2-1-7(6-15)5-9(8)26(22,23)24/h1-2,5H,4H2,(H,22,23,24)(H4,16,17,18,19)/b21-20+. The van der Waals surface area contributed by atoms with Crippen molar-refractivity contribution in [3.63, 3.8) is 0 Å². The van der Waals surface area contributed by atoms with Crippen molar-refractivity contribution in [2.75, 3.05) is 17.2 Å². The van der Waals surface area contributed by atoms with E-state index < -0.39 is 15.0 Å². The van der Waals surface area contributed by atoms with Crippen LogP contribution < -0.4 is 11.5 Å². The Hall–Kier alpha value is -3.26. The number of hydrogen-bond donors (Lipinski definition) is 3. The first kappa shape index (κ1) is 19.1. The number of azo groups is 1. The lowest BCUT2D eigenvalue weighted by Crippen LogP contribution is -2.01. The quantitative estimate of drug-likeness (QED) is 0.292. The summed E-state index contributed by atoms with van der Waals surface area (Å²) in [6, 6.07) is 7.09. The number of nitrogens with zero attached hydrogens (tertiary/aromatic N) is 6. The molecule has 1 aromatic carbocycles. The number of rotatable bonds is 5. The Bertz CT molecular complexity index is 1050. The van der Waals surface area contributed by atoms with Gasteiger partial charge in [0.05, 0.1) is 23.5 Å². The minimum Gasteiger partial charge on any atom is -0.382 e. The van der Waals surface area contributed by atoms with Gasteiger partial charge < -0.3 is 11.5 Å². The van der Waals surface area contributed by atoms with Gasteiger partial charge in [-0.25, -0.2) is 9.97 Å². The van der Waals surface area contributed by atoms with E-state index in [-0.39, 0.29) is 39.5 Å². The average Bonchev–Trinajstić information content (AvgIpc) is 2.58. The monoisotopic (exact) mass is 390 g/mol. The zero-order valence-corrected chi connectivity index (χ0v) is 14.5. The van der Waals surface area contributed by atoms with Gasteiger partial charge in [-0.15, -0.1) is 10.2 Å². The van der Waals surface area contributed by atoms with Crippen molar-refractivity contribution in [3.05, 3.63) is 23.8 Å². The molecule has 2 rings (SSSR count). The second-order valence-corrected chi connectivity index (χ2v) is 6.87. The molecule has 0 aliphatic rings. The van der Waals surface area contributed by atoms with Gasteiger partial charge in [0.2, 0.25) is 0 Å². The molecule has 5 N–H and O–H groups in total. The molecule has 11 nitrogen and oxygen atoms in total.